The van der Waals surface area contributed by atoms with E-state index < -0.39 is 28.4 Å². The van der Waals surface area contributed by atoms with Crippen LogP contribution >= 0.6 is 11.6 Å². The molecule has 10 heteroatoms. The number of phenolic OH excluding ortho intramolecular Hbond substituents is 1. The number of Topliss-reactive ketones (excluding diaryl/α,β-unsaturated/α-hetero) is 1. The molecule has 1 aliphatic heterocycles. The molecule has 1 aliphatic rings. The minimum absolute atomic E-state index is 0.0245. The fourth-order valence-corrected chi connectivity index (χ4v) is 4.02. The summed E-state index contributed by atoms with van der Waals surface area (Å²) in [5.74, 6) is -1.99. The first-order valence-electron chi connectivity index (χ1n) is 9.91. The summed E-state index contributed by atoms with van der Waals surface area (Å²) in [6, 6.07) is 14.3. The topological polar surface area (TPSA) is 130 Å². The van der Waals surface area contributed by atoms with Gasteiger partial charge in [-0.1, -0.05) is 23.7 Å². The smallest absolute Gasteiger partial charge is 0.300 e. The highest BCUT2D eigenvalue weighted by Crippen LogP contribution is 2.43. The molecule has 0 spiro atoms. The normalized spacial score (nSPS) is 17.1. The summed E-state index contributed by atoms with van der Waals surface area (Å²) in [5.41, 5.74) is 0.442. The summed E-state index contributed by atoms with van der Waals surface area (Å²) < 4.78 is 5.15. The van der Waals surface area contributed by atoms with Crippen LogP contribution in [0.3, 0.4) is 0 Å². The van der Waals surface area contributed by atoms with Gasteiger partial charge in [0.2, 0.25) is 0 Å². The number of aromatic hydroxyl groups is 1. The molecule has 0 aromatic heterocycles. The molecule has 172 valence electrons. The SMILES string of the molecule is COc1ccc(N2C(=O)C(=O)/C(=C(/O)c3ccc([N+](=O)[O-])cc3)C2c2ccc(O)cc2)cc1Cl. The van der Waals surface area contributed by atoms with Crippen molar-refractivity contribution in [3.63, 3.8) is 0 Å². The van der Waals surface area contributed by atoms with Gasteiger partial charge >= 0.3 is 0 Å². The fourth-order valence-electron chi connectivity index (χ4n) is 3.77. The van der Waals surface area contributed by atoms with E-state index in [-0.39, 0.29) is 33.3 Å². The zero-order valence-corrected chi connectivity index (χ0v) is 18.4. The second-order valence-electron chi connectivity index (χ2n) is 7.38. The number of anilines is 1. The van der Waals surface area contributed by atoms with Gasteiger partial charge in [-0.3, -0.25) is 24.6 Å². The Morgan fingerprint density at radius 1 is 1.06 bits per heavy atom. The van der Waals surface area contributed by atoms with Gasteiger partial charge in [-0.25, -0.2) is 0 Å². The van der Waals surface area contributed by atoms with Gasteiger partial charge in [0, 0.05) is 23.4 Å². The quantitative estimate of drug-likeness (QED) is 0.179. The van der Waals surface area contributed by atoms with E-state index in [9.17, 15) is 29.9 Å². The zero-order chi connectivity index (χ0) is 24.6. The van der Waals surface area contributed by atoms with Crippen LogP contribution < -0.4 is 9.64 Å². The molecular formula is C24H17ClN2O7. The molecule has 9 nitrogen and oxygen atoms in total. The highest BCUT2D eigenvalue weighted by molar-refractivity contribution is 6.51. The van der Waals surface area contributed by atoms with Crippen molar-refractivity contribution in [3.05, 3.63) is 98.6 Å². The van der Waals surface area contributed by atoms with Crippen molar-refractivity contribution in [3.8, 4) is 11.5 Å². The Hall–Kier alpha value is -4.37. The number of nitrogens with zero attached hydrogens (tertiary/aromatic N) is 2. The van der Waals surface area contributed by atoms with Gasteiger partial charge in [0.05, 0.1) is 28.7 Å². The predicted octanol–water partition coefficient (Wildman–Crippen LogP) is 4.59. The maximum absolute atomic E-state index is 13.1. The molecule has 34 heavy (non-hydrogen) atoms. The average molecular weight is 481 g/mol. The van der Waals surface area contributed by atoms with Crippen LogP contribution in [-0.2, 0) is 9.59 Å². The van der Waals surface area contributed by atoms with Crippen LogP contribution in [0, 0.1) is 10.1 Å². The number of ether oxygens (including phenoxy) is 1. The third kappa shape index (κ3) is 3.93. The Morgan fingerprint density at radius 2 is 1.71 bits per heavy atom. The number of halogens is 1. The number of hydrogen-bond donors (Lipinski definition) is 2. The van der Waals surface area contributed by atoms with Gasteiger partial charge in [-0.05, 0) is 48.0 Å². The molecule has 4 rings (SSSR count). The largest absolute Gasteiger partial charge is 0.508 e. The third-order valence-electron chi connectivity index (χ3n) is 5.42. The van der Waals surface area contributed by atoms with E-state index in [1.165, 1.54) is 66.6 Å². The van der Waals surface area contributed by atoms with Crippen LogP contribution in [0.2, 0.25) is 5.02 Å². The first-order chi connectivity index (χ1) is 16.2. The van der Waals surface area contributed by atoms with Crippen molar-refractivity contribution in [2.24, 2.45) is 0 Å². The lowest BCUT2D eigenvalue weighted by Gasteiger charge is -2.26. The van der Waals surface area contributed by atoms with Gasteiger partial charge in [-0.15, -0.1) is 0 Å². The second kappa shape index (κ2) is 8.87. The standard InChI is InChI=1S/C24H17ClN2O7/c1-34-19-11-8-16(12-18(19)25)26-21(13-4-9-17(28)10-5-13)20(23(30)24(26)31)22(29)14-2-6-15(7-3-14)27(32)33/h2-12,21,28-29H,1H3/b22-20+. The number of methoxy groups -OCH3 is 1. The van der Waals surface area contributed by atoms with Gasteiger partial charge in [0.1, 0.15) is 17.3 Å². The Balaban J connectivity index is 1.91. The van der Waals surface area contributed by atoms with E-state index in [2.05, 4.69) is 0 Å². The molecule has 1 atom stereocenters. The number of ketones is 1. The van der Waals surface area contributed by atoms with E-state index in [1.54, 1.807) is 12.1 Å². The molecule has 1 amide bonds. The highest BCUT2D eigenvalue weighted by atomic mass is 35.5. The van der Waals surface area contributed by atoms with Crippen molar-refractivity contribution >= 4 is 40.4 Å². The number of benzene rings is 3. The van der Waals surface area contributed by atoms with E-state index in [0.29, 0.717) is 11.3 Å². The molecule has 0 radical (unpaired) electrons. The molecule has 3 aromatic rings. The van der Waals surface area contributed by atoms with Crippen LogP contribution in [0.25, 0.3) is 5.76 Å². The number of aliphatic hydroxyl groups excluding tert-OH is 1. The maximum Gasteiger partial charge on any atom is 0.300 e. The molecule has 2 N–H and O–H groups in total. The number of aliphatic hydroxyl groups is 1. The average Bonchev–Trinajstić information content (AvgIpc) is 3.09. The summed E-state index contributed by atoms with van der Waals surface area (Å²) in [4.78, 5) is 37.8. The summed E-state index contributed by atoms with van der Waals surface area (Å²) in [5, 5.41) is 31.9. The summed E-state index contributed by atoms with van der Waals surface area (Å²) in [7, 11) is 1.44. The summed E-state index contributed by atoms with van der Waals surface area (Å²) >= 11 is 6.24. The summed E-state index contributed by atoms with van der Waals surface area (Å²) in [6.07, 6.45) is 0. The molecule has 1 saturated heterocycles. The Kier molecular flexibility index (Phi) is 5.95. The molecule has 0 saturated carbocycles. The number of carbonyl (C=O) groups excluding carboxylic acids is 2. The maximum atomic E-state index is 13.1. The number of nitro groups is 1. The van der Waals surface area contributed by atoms with Crippen LogP contribution in [-0.4, -0.2) is 33.9 Å². The van der Waals surface area contributed by atoms with E-state index in [1.807, 2.05) is 0 Å². The monoisotopic (exact) mass is 480 g/mol. The Labute approximate surface area is 198 Å². The van der Waals surface area contributed by atoms with Gasteiger partial charge < -0.3 is 14.9 Å². The minimum atomic E-state index is -1.06. The number of phenols is 1. The van der Waals surface area contributed by atoms with Crippen LogP contribution in [0.5, 0.6) is 11.5 Å². The predicted molar refractivity (Wildman–Crippen MR) is 124 cm³/mol. The third-order valence-corrected chi connectivity index (χ3v) is 5.71. The van der Waals surface area contributed by atoms with Crippen molar-refractivity contribution < 1.29 is 29.5 Å². The lowest BCUT2D eigenvalue weighted by atomic mass is 9.95. The van der Waals surface area contributed by atoms with Crippen LogP contribution in [0.15, 0.2) is 72.3 Å². The highest BCUT2D eigenvalue weighted by Gasteiger charge is 2.47. The number of nitro benzene ring substituents is 1. The van der Waals surface area contributed by atoms with E-state index >= 15 is 0 Å². The van der Waals surface area contributed by atoms with E-state index in [0.717, 1.165) is 0 Å². The zero-order valence-electron chi connectivity index (χ0n) is 17.6. The van der Waals surface area contributed by atoms with Crippen LogP contribution in [0.1, 0.15) is 17.2 Å². The molecule has 1 fully saturated rings. The second-order valence-corrected chi connectivity index (χ2v) is 7.79. The lowest BCUT2D eigenvalue weighted by Crippen LogP contribution is -2.29. The molecule has 3 aromatic carbocycles. The number of rotatable bonds is 5. The minimum Gasteiger partial charge on any atom is -0.508 e. The van der Waals surface area contributed by atoms with Crippen molar-refractivity contribution in [1.82, 2.24) is 0 Å². The Morgan fingerprint density at radius 3 is 2.26 bits per heavy atom. The van der Waals surface area contributed by atoms with Crippen molar-refractivity contribution in [2.45, 2.75) is 6.04 Å². The van der Waals surface area contributed by atoms with Gasteiger partial charge in [-0.2, -0.15) is 0 Å². The molecule has 0 aliphatic carbocycles. The molecule has 1 unspecified atom stereocenters. The van der Waals surface area contributed by atoms with Gasteiger partial charge in [0.15, 0.2) is 0 Å². The van der Waals surface area contributed by atoms with Gasteiger partial charge in [0.25, 0.3) is 17.4 Å². The van der Waals surface area contributed by atoms with Crippen molar-refractivity contribution in [1.29, 1.82) is 0 Å². The summed E-state index contributed by atoms with van der Waals surface area (Å²) in [6.45, 7) is 0. The van der Waals surface area contributed by atoms with Crippen molar-refractivity contribution in [2.75, 3.05) is 12.0 Å². The van der Waals surface area contributed by atoms with Crippen LogP contribution in [0.4, 0.5) is 11.4 Å². The van der Waals surface area contributed by atoms with E-state index in [4.69, 9.17) is 16.3 Å². The fraction of sp³-hybridized carbons (Fsp3) is 0.0833. The molecular weight excluding hydrogens is 464 g/mol. The first-order valence-corrected chi connectivity index (χ1v) is 10.3. The first kappa shape index (κ1) is 22.8. The number of non-ortho nitro benzene ring substituents is 1. The number of hydrogen-bond acceptors (Lipinski definition) is 7. The number of amides is 1. The Bertz CT molecular complexity index is 1330. The lowest BCUT2D eigenvalue weighted by molar-refractivity contribution is -0.384. The molecule has 0 bridgehead atoms. The number of carbonyl (C=O) groups is 2. The molecule has 1 heterocycles.